The van der Waals surface area contributed by atoms with Crippen LogP contribution in [0.5, 0.6) is 0 Å². The number of anilines is 1. The molecule has 0 spiro atoms. The maximum atomic E-state index is 12.4. The van der Waals surface area contributed by atoms with E-state index in [0.717, 1.165) is 49.7 Å². The molecule has 1 saturated heterocycles. The second-order valence-electron chi connectivity index (χ2n) is 7.06. The molecule has 1 aromatic heterocycles. The molecule has 140 valence electrons. The number of benzene rings is 1. The van der Waals surface area contributed by atoms with Gasteiger partial charge in [0.15, 0.2) is 18.0 Å². The van der Waals surface area contributed by atoms with Crippen molar-refractivity contribution >= 4 is 23.8 Å². The van der Waals surface area contributed by atoms with Crippen molar-refractivity contribution in [3.05, 3.63) is 47.0 Å². The third kappa shape index (κ3) is 4.60. The van der Waals surface area contributed by atoms with Crippen molar-refractivity contribution in [3.8, 4) is 0 Å². The van der Waals surface area contributed by atoms with Crippen LogP contribution in [0.3, 0.4) is 0 Å². The Labute approximate surface area is 160 Å². The molecule has 7 heteroatoms. The minimum atomic E-state index is 0.106. The molecule has 1 aliphatic heterocycles. The summed E-state index contributed by atoms with van der Waals surface area (Å²) in [6.45, 7) is 7.70. The molecule has 3 rings (SSSR count). The van der Waals surface area contributed by atoms with Crippen LogP contribution in [0.4, 0.5) is 5.69 Å². The molecule has 0 radical (unpaired) electrons. The van der Waals surface area contributed by atoms with Crippen molar-refractivity contribution < 1.29 is 14.6 Å². The minimum Gasteiger partial charge on any atom is -0.327 e. The van der Waals surface area contributed by atoms with Crippen molar-refractivity contribution in [2.45, 2.75) is 20.0 Å². The average molecular weight is 376 g/mol. The highest BCUT2D eigenvalue weighted by Gasteiger charge is 2.25. The van der Waals surface area contributed by atoms with Crippen LogP contribution in [-0.2, 0) is 24.9 Å². The second-order valence-corrected chi connectivity index (χ2v) is 7.42. The Balaban J connectivity index is 1.47. The molecule has 6 nitrogen and oxygen atoms in total. The number of aryl methyl sites for hydroxylation is 2. The van der Waals surface area contributed by atoms with Gasteiger partial charge in [-0.3, -0.25) is 9.36 Å². The van der Waals surface area contributed by atoms with Crippen LogP contribution >= 0.6 is 12.2 Å². The average Bonchev–Trinajstić information content (AvgIpc) is 2.96. The van der Waals surface area contributed by atoms with Crippen LogP contribution in [-0.4, -0.2) is 47.8 Å². The first-order valence-corrected chi connectivity index (χ1v) is 9.74. The third-order valence-electron chi connectivity index (χ3n) is 5.16. The number of aromatic nitrogens is 2. The number of imidazole rings is 1. The first-order chi connectivity index (χ1) is 12.6. The van der Waals surface area contributed by atoms with E-state index in [4.69, 9.17) is 12.2 Å². The zero-order chi connectivity index (χ0) is 18.5. The van der Waals surface area contributed by atoms with Crippen LogP contribution in [0.1, 0.15) is 12.5 Å². The van der Waals surface area contributed by atoms with E-state index >= 15 is 0 Å². The molecule has 2 heterocycles. The van der Waals surface area contributed by atoms with Gasteiger partial charge in [-0.15, -0.1) is 0 Å². The smallest absolute Gasteiger partial charge is 0.279 e. The summed E-state index contributed by atoms with van der Waals surface area (Å²) in [5.74, 6) is 0.106. The van der Waals surface area contributed by atoms with Gasteiger partial charge < -0.3 is 19.7 Å². The predicted octanol–water partition coefficient (Wildman–Crippen LogP) is -0.502. The standard InChI is InChI=1S/C19H27N5OS/c1-3-16-6-4-5-7-17(16)20-18(25)14-22-9-11-23(12-10-22)15-24-13-8-21(2)19(24)26/h4-8,13H,3,9-12,14-15H2,1-2H3,(H,20,25)/p+2. The Morgan fingerprint density at radius 3 is 2.50 bits per heavy atom. The van der Waals surface area contributed by atoms with E-state index in [1.165, 1.54) is 15.4 Å². The van der Waals surface area contributed by atoms with E-state index in [-0.39, 0.29) is 5.91 Å². The minimum absolute atomic E-state index is 0.106. The first-order valence-electron chi connectivity index (χ1n) is 9.33. The molecule has 1 aromatic carbocycles. The quantitative estimate of drug-likeness (QED) is 0.596. The number of carbonyl (C=O) groups excluding carboxylic acids is 1. The fraction of sp³-hybridized carbons (Fsp3) is 0.474. The summed E-state index contributed by atoms with van der Waals surface area (Å²) >= 11 is 5.41. The van der Waals surface area contributed by atoms with Gasteiger partial charge in [-0.1, -0.05) is 25.1 Å². The molecule has 1 amide bonds. The van der Waals surface area contributed by atoms with E-state index in [1.807, 2.05) is 42.2 Å². The number of rotatable bonds is 6. The Kier molecular flexibility index (Phi) is 6.24. The highest BCUT2D eigenvalue weighted by molar-refractivity contribution is 7.71. The molecule has 0 atom stereocenters. The number of hydrogen-bond acceptors (Lipinski definition) is 2. The number of nitrogens with zero attached hydrogens (tertiary/aromatic N) is 2. The maximum absolute atomic E-state index is 12.4. The third-order valence-corrected chi connectivity index (χ3v) is 5.68. The van der Waals surface area contributed by atoms with Gasteiger partial charge in [0.1, 0.15) is 26.2 Å². The van der Waals surface area contributed by atoms with Gasteiger partial charge in [-0.2, -0.15) is 0 Å². The zero-order valence-electron chi connectivity index (χ0n) is 15.6. The fourth-order valence-electron chi connectivity index (χ4n) is 3.54. The molecule has 26 heavy (non-hydrogen) atoms. The summed E-state index contributed by atoms with van der Waals surface area (Å²) in [5.41, 5.74) is 2.13. The molecule has 1 fully saturated rings. The maximum Gasteiger partial charge on any atom is 0.279 e. The molecule has 0 aliphatic carbocycles. The predicted molar refractivity (Wildman–Crippen MR) is 105 cm³/mol. The lowest BCUT2D eigenvalue weighted by molar-refractivity contribution is -1.02. The van der Waals surface area contributed by atoms with Crippen molar-refractivity contribution in [1.29, 1.82) is 0 Å². The molecule has 0 bridgehead atoms. The van der Waals surface area contributed by atoms with E-state index in [9.17, 15) is 4.79 Å². The number of hydrogen-bond donors (Lipinski definition) is 3. The summed E-state index contributed by atoms with van der Waals surface area (Å²) in [6.07, 6.45) is 4.97. The largest absolute Gasteiger partial charge is 0.327 e. The number of amides is 1. The molecule has 2 aromatic rings. The Hall–Kier alpha value is -1.96. The van der Waals surface area contributed by atoms with Crippen LogP contribution in [0, 0.1) is 4.77 Å². The van der Waals surface area contributed by atoms with E-state index < -0.39 is 0 Å². The van der Waals surface area contributed by atoms with Gasteiger partial charge >= 0.3 is 0 Å². The van der Waals surface area contributed by atoms with E-state index in [1.54, 1.807) is 0 Å². The van der Waals surface area contributed by atoms with Gasteiger partial charge in [-0.05, 0) is 30.3 Å². The number of para-hydroxylation sites is 1. The first kappa shape index (κ1) is 18.8. The topological polar surface area (TPSA) is 47.8 Å². The lowest BCUT2D eigenvalue weighted by atomic mass is 10.1. The number of carbonyl (C=O) groups is 1. The van der Waals surface area contributed by atoms with Crippen molar-refractivity contribution in [1.82, 2.24) is 9.13 Å². The van der Waals surface area contributed by atoms with Crippen molar-refractivity contribution in [2.24, 2.45) is 7.05 Å². The van der Waals surface area contributed by atoms with Gasteiger partial charge in [0.25, 0.3) is 5.91 Å². The zero-order valence-corrected chi connectivity index (χ0v) is 16.4. The molecule has 0 unspecified atom stereocenters. The summed E-state index contributed by atoms with van der Waals surface area (Å²) < 4.78 is 4.96. The monoisotopic (exact) mass is 375 g/mol. The van der Waals surface area contributed by atoms with E-state index in [0.29, 0.717) is 6.54 Å². The summed E-state index contributed by atoms with van der Waals surface area (Å²) in [4.78, 5) is 15.3. The van der Waals surface area contributed by atoms with Crippen LogP contribution in [0.25, 0.3) is 0 Å². The number of nitrogens with one attached hydrogen (secondary N) is 3. The van der Waals surface area contributed by atoms with E-state index in [2.05, 4.69) is 22.9 Å². The molecular formula is C19H29N5OS+2. The fourth-order valence-corrected chi connectivity index (χ4v) is 3.72. The van der Waals surface area contributed by atoms with Crippen LogP contribution in [0.15, 0.2) is 36.7 Å². The van der Waals surface area contributed by atoms with Gasteiger partial charge in [0, 0.05) is 25.1 Å². The Morgan fingerprint density at radius 2 is 1.85 bits per heavy atom. The Bertz CT molecular complexity index is 804. The lowest BCUT2D eigenvalue weighted by Crippen LogP contribution is -3.28. The Morgan fingerprint density at radius 1 is 1.15 bits per heavy atom. The molecule has 0 saturated carbocycles. The second kappa shape index (κ2) is 8.62. The van der Waals surface area contributed by atoms with Crippen molar-refractivity contribution in [3.63, 3.8) is 0 Å². The van der Waals surface area contributed by atoms with Gasteiger partial charge in [-0.25, -0.2) is 0 Å². The van der Waals surface area contributed by atoms with Crippen LogP contribution in [0.2, 0.25) is 0 Å². The number of piperazine rings is 1. The van der Waals surface area contributed by atoms with Gasteiger partial charge in [0.2, 0.25) is 0 Å². The highest BCUT2D eigenvalue weighted by atomic mass is 32.1. The number of quaternary nitrogens is 2. The normalized spacial score (nSPS) is 20.1. The lowest BCUT2D eigenvalue weighted by Gasteiger charge is -2.29. The molecule has 1 aliphatic rings. The molecule has 3 N–H and O–H groups in total. The summed E-state index contributed by atoms with van der Waals surface area (Å²) in [7, 11) is 1.98. The SMILES string of the molecule is CCc1ccccc1NC(=O)C[NH+]1CC[NH+](Cn2ccn(C)c2=S)CC1. The summed E-state index contributed by atoms with van der Waals surface area (Å²) in [6, 6.07) is 8.04. The van der Waals surface area contributed by atoms with Gasteiger partial charge in [0.05, 0.1) is 0 Å². The van der Waals surface area contributed by atoms with Crippen molar-refractivity contribution in [2.75, 3.05) is 38.0 Å². The van der Waals surface area contributed by atoms with Crippen LogP contribution < -0.4 is 15.1 Å². The molecular weight excluding hydrogens is 346 g/mol. The summed E-state index contributed by atoms with van der Waals surface area (Å²) in [5, 5.41) is 3.08. The highest BCUT2D eigenvalue weighted by Crippen LogP contribution is 2.14.